The lowest BCUT2D eigenvalue weighted by atomic mass is 9.95. The summed E-state index contributed by atoms with van der Waals surface area (Å²) in [4.78, 5) is 2.68. The van der Waals surface area contributed by atoms with Crippen LogP contribution in [-0.4, -0.2) is 19.1 Å². The van der Waals surface area contributed by atoms with Gasteiger partial charge in [0, 0.05) is 24.3 Å². The highest BCUT2D eigenvalue weighted by Gasteiger charge is 2.24. The van der Waals surface area contributed by atoms with Gasteiger partial charge in [0.25, 0.3) is 0 Å². The van der Waals surface area contributed by atoms with Crippen LogP contribution in [0.5, 0.6) is 0 Å². The monoisotopic (exact) mass is 288 g/mol. The summed E-state index contributed by atoms with van der Waals surface area (Å²) in [6.45, 7) is 9.18. The Morgan fingerprint density at radius 3 is 2.71 bits per heavy atom. The lowest BCUT2D eigenvalue weighted by Gasteiger charge is -2.39. The third-order valence-electron chi connectivity index (χ3n) is 4.77. The zero-order valence-corrected chi connectivity index (χ0v) is 14.1. The van der Waals surface area contributed by atoms with Crippen LogP contribution in [-0.2, 0) is 0 Å². The average Bonchev–Trinajstić information content (AvgIpc) is 2.56. The first-order valence-corrected chi connectivity index (χ1v) is 8.90. The van der Waals surface area contributed by atoms with Crippen molar-refractivity contribution in [2.75, 3.05) is 18.0 Å². The number of para-hydroxylation sites is 1. The van der Waals surface area contributed by atoms with E-state index in [-0.39, 0.29) is 0 Å². The van der Waals surface area contributed by atoms with Crippen molar-refractivity contribution in [2.45, 2.75) is 71.4 Å². The van der Waals surface area contributed by atoms with Crippen LogP contribution in [0, 0.1) is 0 Å². The van der Waals surface area contributed by atoms with Crippen molar-refractivity contribution in [3.63, 3.8) is 0 Å². The minimum absolute atomic E-state index is 0.487. The number of hydrogen-bond acceptors (Lipinski definition) is 2. The van der Waals surface area contributed by atoms with E-state index in [1.165, 1.54) is 49.9 Å². The molecule has 118 valence electrons. The SMILES string of the molecule is CCCNC(CC)c1ccccc1N1CCCCC1CC. The summed E-state index contributed by atoms with van der Waals surface area (Å²) in [7, 11) is 0. The van der Waals surface area contributed by atoms with Crippen molar-refractivity contribution < 1.29 is 0 Å². The minimum Gasteiger partial charge on any atom is -0.368 e. The standard InChI is InChI=1S/C19H32N2/c1-4-14-20-18(6-3)17-12-7-8-13-19(17)21-15-10-9-11-16(21)5-2/h7-8,12-13,16,18,20H,4-6,9-11,14-15H2,1-3H3. The van der Waals surface area contributed by atoms with Gasteiger partial charge in [0.1, 0.15) is 0 Å². The zero-order valence-electron chi connectivity index (χ0n) is 14.1. The summed E-state index contributed by atoms with van der Waals surface area (Å²) in [5, 5.41) is 3.72. The largest absolute Gasteiger partial charge is 0.368 e. The van der Waals surface area contributed by atoms with E-state index in [2.05, 4.69) is 55.3 Å². The number of benzene rings is 1. The van der Waals surface area contributed by atoms with Gasteiger partial charge >= 0.3 is 0 Å². The Labute approximate surface area is 130 Å². The van der Waals surface area contributed by atoms with Gasteiger partial charge in [-0.3, -0.25) is 0 Å². The van der Waals surface area contributed by atoms with E-state index in [0.717, 1.165) is 19.0 Å². The number of hydrogen-bond donors (Lipinski definition) is 1. The Hall–Kier alpha value is -1.02. The Kier molecular flexibility index (Phi) is 6.56. The molecule has 1 N–H and O–H groups in total. The van der Waals surface area contributed by atoms with E-state index >= 15 is 0 Å². The van der Waals surface area contributed by atoms with Crippen LogP contribution in [0.2, 0.25) is 0 Å². The summed E-state index contributed by atoms with van der Waals surface area (Å²) < 4.78 is 0. The van der Waals surface area contributed by atoms with Gasteiger partial charge in [-0.2, -0.15) is 0 Å². The molecule has 2 unspecified atom stereocenters. The molecule has 2 atom stereocenters. The van der Waals surface area contributed by atoms with E-state index in [1.807, 2.05) is 0 Å². The Bertz CT molecular complexity index is 416. The second-order valence-electron chi connectivity index (χ2n) is 6.23. The first-order chi connectivity index (χ1) is 10.3. The summed E-state index contributed by atoms with van der Waals surface area (Å²) in [6, 6.07) is 10.3. The average molecular weight is 288 g/mol. The van der Waals surface area contributed by atoms with E-state index in [1.54, 1.807) is 0 Å². The second-order valence-corrected chi connectivity index (χ2v) is 6.23. The molecule has 2 nitrogen and oxygen atoms in total. The Morgan fingerprint density at radius 1 is 1.19 bits per heavy atom. The molecule has 1 aromatic rings. The van der Waals surface area contributed by atoms with Crippen molar-refractivity contribution in [1.82, 2.24) is 5.32 Å². The number of piperidine rings is 1. The van der Waals surface area contributed by atoms with Gasteiger partial charge in [0.15, 0.2) is 0 Å². The zero-order chi connectivity index (χ0) is 15.1. The van der Waals surface area contributed by atoms with Crippen LogP contribution in [0.1, 0.15) is 70.9 Å². The third kappa shape index (κ3) is 4.00. The quantitative estimate of drug-likeness (QED) is 0.767. The van der Waals surface area contributed by atoms with Crippen LogP contribution >= 0.6 is 0 Å². The molecule has 1 aliphatic rings. The predicted molar refractivity (Wildman–Crippen MR) is 93.0 cm³/mol. The molecule has 0 saturated carbocycles. The molecule has 1 aromatic carbocycles. The smallest absolute Gasteiger partial charge is 0.0417 e. The molecule has 0 radical (unpaired) electrons. The summed E-state index contributed by atoms with van der Waals surface area (Å²) >= 11 is 0. The van der Waals surface area contributed by atoms with Gasteiger partial charge < -0.3 is 10.2 Å². The first kappa shape index (κ1) is 16.4. The molecule has 0 amide bonds. The highest BCUT2D eigenvalue weighted by Crippen LogP contribution is 2.33. The molecule has 2 rings (SSSR count). The molecule has 1 heterocycles. The second kappa shape index (κ2) is 8.43. The highest BCUT2D eigenvalue weighted by molar-refractivity contribution is 5.56. The van der Waals surface area contributed by atoms with Crippen LogP contribution in [0.4, 0.5) is 5.69 Å². The van der Waals surface area contributed by atoms with Crippen LogP contribution < -0.4 is 10.2 Å². The van der Waals surface area contributed by atoms with Gasteiger partial charge in [0.2, 0.25) is 0 Å². The number of nitrogens with one attached hydrogen (secondary N) is 1. The topological polar surface area (TPSA) is 15.3 Å². The fourth-order valence-corrected chi connectivity index (χ4v) is 3.58. The highest BCUT2D eigenvalue weighted by atomic mass is 15.2. The number of nitrogens with zero attached hydrogens (tertiary/aromatic N) is 1. The predicted octanol–water partition coefficient (Wildman–Crippen LogP) is 4.91. The minimum atomic E-state index is 0.487. The van der Waals surface area contributed by atoms with E-state index in [9.17, 15) is 0 Å². The fraction of sp³-hybridized carbons (Fsp3) is 0.684. The lowest BCUT2D eigenvalue weighted by molar-refractivity contribution is 0.445. The molecule has 0 spiro atoms. The van der Waals surface area contributed by atoms with Crippen molar-refractivity contribution >= 4 is 5.69 Å². The Morgan fingerprint density at radius 2 is 2.00 bits per heavy atom. The fourth-order valence-electron chi connectivity index (χ4n) is 3.58. The van der Waals surface area contributed by atoms with Gasteiger partial charge in [-0.25, -0.2) is 0 Å². The normalized spacial score (nSPS) is 20.5. The van der Waals surface area contributed by atoms with Crippen molar-refractivity contribution in [3.8, 4) is 0 Å². The molecular weight excluding hydrogens is 256 g/mol. The van der Waals surface area contributed by atoms with E-state index in [4.69, 9.17) is 0 Å². The molecule has 21 heavy (non-hydrogen) atoms. The third-order valence-corrected chi connectivity index (χ3v) is 4.77. The van der Waals surface area contributed by atoms with E-state index in [0.29, 0.717) is 6.04 Å². The molecule has 2 heteroatoms. The van der Waals surface area contributed by atoms with E-state index < -0.39 is 0 Å². The summed E-state index contributed by atoms with van der Waals surface area (Å²) in [6.07, 6.45) is 7.69. The van der Waals surface area contributed by atoms with Gasteiger partial charge in [0.05, 0.1) is 0 Å². The molecule has 1 aliphatic heterocycles. The van der Waals surface area contributed by atoms with Crippen LogP contribution in [0.3, 0.4) is 0 Å². The number of rotatable bonds is 7. The first-order valence-electron chi connectivity index (χ1n) is 8.90. The van der Waals surface area contributed by atoms with Crippen molar-refractivity contribution in [3.05, 3.63) is 29.8 Å². The maximum Gasteiger partial charge on any atom is 0.0417 e. The van der Waals surface area contributed by atoms with Crippen molar-refractivity contribution in [1.29, 1.82) is 0 Å². The molecule has 0 aliphatic carbocycles. The lowest BCUT2D eigenvalue weighted by Crippen LogP contribution is -2.40. The molecule has 0 aromatic heterocycles. The van der Waals surface area contributed by atoms with Gasteiger partial charge in [-0.15, -0.1) is 0 Å². The number of anilines is 1. The van der Waals surface area contributed by atoms with Crippen LogP contribution in [0.25, 0.3) is 0 Å². The maximum atomic E-state index is 3.72. The Balaban J connectivity index is 2.26. The molecule has 0 bridgehead atoms. The molecule has 1 saturated heterocycles. The van der Waals surface area contributed by atoms with Gasteiger partial charge in [-0.05, 0) is 56.7 Å². The molecule has 1 fully saturated rings. The summed E-state index contributed by atoms with van der Waals surface area (Å²) in [5.74, 6) is 0. The van der Waals surface area contributed by atoms with Crippen LogP contribution in [0.15, 0.2) is 24.3 Å². The summed E-state index contributed by atoms with van der Waals surface area (Å²) in [5.41, 5.74) is 2.97. The van der Waals surface area contributed by atoms with Crippen molar-refractivity contribution in [2.24, 2.45) is 0 Å². The molecular formula is C19H32N2. The van der Waals surface area contributed by atoms with Gasteiger partial charge in [-0.1, -0.05) is 39.0 Å². The maximum absolute atomic E-state index is 3.72.